The number of aromatic nitrogens is 3. The summed E-state index contributed by atoms with van der Waals surface area (Å²) in [4.78, 5) is 18.7. The van der Waals surface area contributed by atoms with Gasteiger partial charge in [-0.05, 0) is 31.4 Å². The zero-order valence-electron chi connectivity index (χ0n) is 14.0. The van der Waals surface area contributed by atoms with Crippen LogP contribution >= 0.6 is 0 Å². The fourth-order valence-corrected chi connectivity index (χ4v) is 3.11. The van der Waals surface area contributed by atoms with E-state index < -0.39 is 11.6 Å². The summed E-state index contributed by atoms with van der Waals surface area (Å²) in [7, 11) is 1.56. The third kappa shape index (κ3) is 3.84. The van der Waals surface area contributed by atoms with Crippen LogP contribution in [-0.4, -0.2) is 39.6 Å². The van der Waals surface area contributed by atoms with Crippen LogP contribution in [0.15, 0.2) is 18.2 Å². The van der Waals surface area contributed by atoms with Gasteiger partial charge in [0.25, 0.3) is 0 Å². The van der Waals surface area contributed by atoms with Gasteiger partial charge in [-0.1, -0.05) is 6.07 Å². The number of aromatic amines is 1. The number of rotatable bonds is 5. The first-order valence-electron chi connectivity index (χ1n) is 8.22. The molecule has 3 rings (SSSR count). The number of methoxy groups -OCH3 is 1. The maximum atomic E-state index is 13.8. The van der Waals surface area contributed by atoms with E-state index in [0.29, 0.717) is 24.8 Å². The van der Waals surface area contributed by atoms with Gasteiger partial charge in [0, 0.05) is 19.2 Å². The van der Waals surface area contributed by atoms with Crippen LogP contribution in [0.3, 0.4) is 0 Å². The number of nitrogens with one attached hydrogen (secondary N) is 1. The van der Waals surface area contributed by atoms with Crippen molar-refractivity contribution in [1.29, 1.82) is 0 Å². The molecule has 6 nitrogen and oxygen atoms in total. The first-order chi connectivity index (χ1) is 12.1. The lowest BCUT2D eigenvalue weighted by molar-refractivity contribution is -0.134. The molecule has 1 N–H and O–H groups in total. The molecule has 0 bridgehead atoms. The quantitative estimate of drug-likeness (QED) is 0.899. The van der Waals surface area contributed by atoms with Crippen LogP contribution in [0.2, 0.25) is 0 Å². The molecule has 1 atom stereocenters. The highest BCUT2D eigenvalue weighted by Gasteiger charge is 2.31. The van der Waals surface area contributed by atoms with Gasteiger partial charge in [0.1, 0.15) is 18.2 Å². The fraction of sp³-hybridized carbons (Fsp3) is 0.471. The number of piperidine rings is 1. The smallest absolute Gasteiger partial charge is 0.227 e. The van der Waals surface area contributed by atoms with Crippen LogP contribution in [0.1, 0.15) is 42.5 Å². The summed E-state index contributed by atoms with van der Waals surface area (Å²) in [6.45, 7) is 0.821. The number of benzene rings is 1. The summed E-state index contributed by atoms with van der Waals surface area (Å²) in [6, 6.07) is 3.31. The summed E-state index contributed by atoms with van der Waals surface area (Å²) in [5.74, 6) is -0.652. The number of halogens is 2. The number of nitrogens with zero attached hydrogens (tertiary/aromatic N) is 3. The number of H-pyrrole nitrogens is 1. The number of carbonyl (C=O) groups excluding carboxylic acids is 1. The highest BCUT2D eigenvalue weighted by Crippen LogP contribution is 2.30. The van der Waals surface area contributed by atoms with Gasteiger partial charge in [-0.15, -0.1) is 0 Å². The number of likely N-dealkylation sites (tertiary alicyclic amines) is 1. The van der Waals surface area contributed by atoms with Gasteiger partial charge in [0.05, 0.1) is 12.5 Å². The topological polar surface area (TPSA) is 71.1 Å². The summed E-state index contributed by atoms with van der Waals surface area (Å²) in [5.41, 5.74) is -0.202. The van der Waals surface area contributed by atoms with Crippen molar-refractivity contribution in [2.75, 3.05) is 13.7 Å². The molecule has 8 heteroatoms. The van der Waals surface area contributed by atoms with Crippen molar-refractivity contribution in [1.82, 2.24) is 20.1 Å². The van der Waals surface area contributed by atoms with E-state index in [-0.39, 0.29) is 23.9 Å². The lowest BCUT2D eigenvalue weighted by atomic mass is 10.00. The zero-order chi connectivity index (χ0) is 17.8. The van der Waals surface area contributed by atoms with Gasteiger partial charge in [0.2, 0.25) is 5.91 Å². The number of hydrogen-bond donors (Lipinski definition) is 1. The Balaban J connectivity index is 1.79. The normalized spacial score (nSPS) is 17.7. The molecule has 1 aromatic carbocycles. The van der Waals surface area contributed by atoms with Gasteiger partial charge in [0.15, 0.2) is 11.6 Å². The van der Waals surface area contributed by atoms with Crippen molar-refractivity contribution in [2.24, 2.45) is 0 Å². The molecule has 0 spiro atoms. The molecule has 0 saturated carbocycles. The molecule has 1 fully saturated rings. The number of ether oxygens (including phenoxy) is 1. The summed E-state index contributed by atoms with van der Waals surface area (Å²) in [5, 5.41) is 6.96. The predicted octanol–water partition coefficient (Wildman–Crippen LogP) is 2.53. The summed E-state index contributed by atoms with van der Waals surface area (Å²) in [6.07, 6.45) is 2.19. The second-order valence-corrected chi connectivity index (χ2v) is 6.05. The van der Waals surface area contributed by atoms with Gasteiger partial charge in [-0.25, -0.2) is 13.8 Å². The summed E-state index contributed by atoms with van der Waals surface area (Å²) < 4.78 is 32.7. The average molecular weight is 350 g/mol. The first-order valence-corrected chi connectivity index (χ1v) is 8.22. The Morgan fingerprint density at radius 3 is 2.84 bits per heavy atom. The predicted molar refractivity (Wildman–Crippen MR) is 85.5 cm³/mol. The second-order valence-electron chi connectivity index (χ2n) is 6.05. The van der Waals surface area contributed by atoms with E-state index in [9.17, 15) is 13.6 Å². The molecule has 1 amide bonds. The maximum absolute atomic E-state index is 13.8. The third-order valence-electron chi connectivity index (χ3n) is 4.34. The molecule has 1 saturated heterocycles. The van der Waals surface area contributed by atoms with Crippen LogP contribution in [0.4, 0.5) is 8.78 Å². The van der Waals surface area contributed by atoms with Crippen LogP contribution in [0.25, 0.3) is 0 Å². The lowest BCUT2D eigenvalue weighted by Gasteiger charge is -2.34. The molecule has 1 aromatic heterocycles. The summed E-state index contributed by atoms with van der Waals surface area (Å²) >= 11 is 0. The van der Waals surface area contributed by atoms with Crippen molar-refractivity contribution in [3.8, 4) is 0 Å². The molecule has 1 aliphatic rings. The van der Waals surface area contributed by atoms with Crippen molar-refractivity contribution in [2.45, 2.75) is 38.3 Å². The fourth-order valence-electron chi connectivity index (χ4n) is 3.11. The van der Waals surface area contributed by atoms with Crippen molar-refractivity contribution in [3.05, 3.63) is 47.0 Å². The molecule has 25 heavy (non-hydrogen) atoms. The largest absolute Gasteiger partial charge is 0.377 e. The molecule has 0 radical (unpaired) electrons. The van der Waals surface area contributed by atoms with E-state index in [1.54, 1.807) is 12.0 Å². The lowest BCUT2D eigenvalue weighted by Crippen LogP contribution is -2.40. The van der Waals surface area contributed by atoms with Crippen molar-refractivity contribution < 1.29 is 18.3 Å². The van der Waals surface area contributed by atoms with Crippen LogP contribution in [0.5, 0.6) is 0 Å². The minimum Gasteiger partial charge on any atom is -0.377 e. The average Bonchev–Trinajstić information content (AvgIpc) is 3.07. The molecule has 1 unspecified atom stereocenters. The SMILES string of the molecule is COCc1nc(C2CCCCN2C(=O)Cc2c(F)cccc2F)n[nH]1. The monoisotopic (exact) mass is 350 g/mol. The Hall–Kier alpha value is -2.35. The van der Waals surface area contributed by atoms with Crippen molar-refractivity contribution >= 4 is 5.91 Å². The minimum absolute atomic E-state index is 0.202. The number of amides is 1. The second kappa shape index (κ2) is 7.69. The third-order valence-corrected chi connectivity index (χ3v) is 4.34. The van der Waals surface area contributed by atoms with Gasteiger partial charge < -0.3 is 9.64 Å². The Kier molecular flexibility index (Phi) is 5.37. The van der Waals surface area contributed by atoms with E-state index in [2.05, 4.69) is 15.2 Å². The molecular weight excluding hydrogens is 330 g/mol. The van der Waals surface area contributed by atoms with E-state index in [1.807, 2.05) is 0 Å². The van der Waals surface area contributed by atoms with Gasteiger partial charge in [-0.3, -0.25) is 9.89 Å². The van der Waals surface area contributed by atoms with Gasteiger partial charge >= 0.3 is 0 Å². The van der Waals surface area contributed by atoms with Crippen LogP contribution in [0, 0.1) is 11.6 Å². The maximum Gasteiger partial charge on any atom is 0.227 e. The van der Waals surface area contributed by atoms with Crippen molar-refractivity contribution in [3.63, 3.8) is 0 Å². The molecule has 0 aliphatic carbocycles. The highest BCUT2D eigenvalue weighted by atomic mass is 19.1. The van der Waals surface area contributed by atoms with Gasteiger partial charge in [-0.2, -0.15) is 5.10 Å². The number of hydrogen-bond acceptors (Lipinski definition) is 4. The van der Waals surface area contributed by atoms with E-state index in [4.69, 9.17) is 4.74 Å². The number of carbonyl (C=O) groups is 1. The van der Waals surface area contributed by atoms with Crippen LogP contribution < -0.4 is 0 Å². The molecule has 1 aliphatic heterocycles. The highest BCUT2D eigenvalue weighted by molar-refractivity contribution is 5.79. The molecule has 134 valence electrons. The molecule has 2 aromatic rings. The molecular formula is C17H20F2N4O2. The Labute approximate surface area is 144 Å². The van der Waals surface area contributed by atoms with E-state index in [0.717, 1.165) is 31.4 Å². The van der Waals surface area contributed by atoms with E-state index in [1.165, 1.54) is 6.07 Å². The van der Waals surface area contributed by atoms with E-state index >= 15 is 0 Å². The Morgan fingerprint density at radius 2 is 2.12 bits per heavy atom. The van der Waals surface area contributed by atoms with Crippen LogP contribution in [-0.2, 0) is 22.6 Å². The molecule has 2 heterocycles. The first kappa shape index (κ1) is 17.5. The Bertz CT molecular complexity index is 730. The standard InChI is InChI=1S/C17H20F2N4O2/c1-25-10-15-20-17(22-21-15)14-7-2-3-8-23(14)16(24)9-11-12(18)5-4-6-13(11)19/h4-6,14H,2-3,7-10H2,1H3,(H,20,21,22). The zero-order valence-corrected chi connectivity index (χ0v) is 14.0. The minimum atomic E-state index is -0.706. The Morgan fingerprint density at radius 1 is 1.36 bits per heavy atom.